The van der Waals surface area contributed by atoms with Crippen LogP contribution in [0, 0.1) is 17.2 Å². The molecular weight excluding hydrogens is 282 g/mol. The Hall–Kier alpha value is -1.37. The lowest BCUT2D eigenvalue weighted by atomic mass is 9.73. The summed E-state index contributed by atoms with van der Waals surface area (Å²) in [6, 6.07) is 13.4. The lowest BCUT2D eigenvalue weighted by Crippen LogP contribution is -2.49. The molecule has 3 nitrogen and oxygen atoms in total. The smallest absolute Gasteiger partial charge is 0.0876 e. The fourth-order valence-electron chi connectivity index (χ4n) is 4.72. The third kappa shape index (κ3) is 3.16. The molecule has 122 valence electrons. The average molecular weight is 309 g/mol. The van der Waals surface area contributed by atoms with Crippen molar-refractivity contribution in [3.63, 3.8) is 0 Å². The molecule has 2 saturated carbocycles. The molecule has 1 heterocycles. The van der Waals surface area contributed by atoms with Crippen LogP contribution >= 0.6 is 0 Å². The molecule has 0 unspecified atom stereocenters. The van der Waals surface area contributed by atoms with Crippen LogP contribution in [0.15, 0.2) is 30.3 Å². The van der Waals surface area contributed by atoms with Crippen LogP contribution < -0.4 is 0 Å². The molecule has 0 bridgehead atoms. The summed E-state index contributed by atoms with van der Waals surface area (Å²) in [5, 5.41) is 9.07. The minimum absolute atomic E-state index is 0.352. The first kappa shape index (κ1) is 15.2. The molecule has 0 N–H and O–H groups in total. The van der Waals surface area contributed by atoms with Gasteiger partial charge in [-0.2, -0.15) is 5.26 Å². The third-order valence-corrected chi connectivity index (χ3v) is 6.22. The van der Waals surface area contributed by atoms with Crippen molar-refractivity contribution >= 4 is 0 Å². The van der Waals surface area contributed by atoms with Crippen LogP contribution in [0.5, 0.6) is 0 Å². The zero-order chi connectivity index (χ0) is 15.7. The van der Waals surface area contributed by atoms with Crippen LogP contribution in [-0.4, -0.2) is 41.6 Å². The van der Waals surface area contributed by atoms with E-state index in [1.165, 1.54) is 50.6 Å². The molecule has 3 fully saturated rings. The summed E-state index contributed by atoms with van der Waals surface area (Å²) in [6.45, 7) is 3.97. The van der Waals surface area contributed by atoms with Crippen LogP contribution in [0.25, 0.3) is 0 Å². The molecule has 2 aliphatic carbocycles. The van der Waals surface area contributed by atoms with Gasteiger partial charge < -0.3 is 0 Å². The fourth-order valence-corrected chi connectivity index (χ4v) is 4.72. The van der Waals surface area contributed by atoms with Gasteiger partial charge in [-0.15, -0.1) is 0 Å². The number of nitriles is 1. The van der Waals surface area contributed by atoms with Gasteiger partial charge in [0.05, 0.1) is 19.3 Å². The normalized spacial score (nSPS) is 32.2. The van der Waals surface area contributed by atoms with Gasteiger partial charge in [-0.3, -0.25) is 9.80 Å². The lowest BCUT2D eigenvalue weighted by molar-refractivity contribution is 0.0902. The van der Waals surface area contributed by atoms with Crippen LogP contribution in [0.1, 0.15) is 50.0 Å². The summed E-state index contributed by atoms with van der Waals surface area (Å²) >= 11 is 0. The SMILES string of the molecule is N#CCN1CN(CC2CC2)[C@]2(CC[C@@H](c3ccccc3)CC2)C1. The van der Waals surface area contributed by atoms with Gasteiger partial charge in [-0.05, 0) is 55.9 Å². The van der Waals surface area contributed by atoms with Crippen LogP contribution in [0.2, 0.25) is 0 Å². The molecule has 1 spiro atoms. The van der Waals surface area contributed by atoms with Crippen LogP contribution in [-0.2, 0) is 0 Å². The average Bonchev–Trinajstić information content (AvgIpc) is 3.34. The Morgan fingerprint density at radius 2 is 1.83 bits per heavy atom. The second-order valence-electron chi connectivity index (χ2n) is 7.86. The zero-order valence-corrected chi connectivity index (χ0v) is 14.0. The maximum atomic E-state index is 9.07. The Labute approximate surface area is 139 Å². The molecule has 0 amide bonds. The van der Waals surface area contributed by atoms with Gasteiger partial charge in [0.15, 0.2) is 0 Å². The number of rotatable bonds is 4. The molecule has 0 atom stereocenters. The first-order valence-electron chi connectivity index (χ1n) is 9.18. The highest BCUT2D eigenvalue weighted by Crippen LogP contribution is 2.45. The van der Waals surface area contributed by atoms with E-state index in [1.807, 2.05) is 0 Å². The molecule has 1 aromatic rings. The van der Waals surface area contributed by atoms with Gasteiger partial charge in [-0.1, -0.05) is 30.3 Å². The van der Waals surface area contributed by atoms with E-state index in [0.29, 0.717) is 12.1 Å². The van der Waals surface area contributed by atoms with Crippen molar-refractivity contribution in [2.75, 3.05) is 26.3 Å². The summed E-state index contributed by atoms with van der Waals surface area (Å²) in [7, 11) is 0. The Kier molecular flexibility index (Phi) is 4.13. The van der Waals surface area contributed by atoms with Crippen molar-refractivity contribution in [2.45, 2.75) is 50.0 Å². The fraction of sp³-hybridized carbons (Fsp3) is 0.650. The van der Waals surface area contributed by atoms with Crippen LogP contribution in [0.3, 0.4) is 0 Å². The quantitative estimate of drug-likeness (QED) is 0.796. The molecule has 1 aliphatic heterocycles. The monoisotopic (exact) mass is 309 g/mol. The minimum Gasteiger partial charge on any atom is -0.283 e. The van der Waals surface area contributed by atoms with Crippen molar-refractivity contribution in [3.05, 3.63) is 35.9 Å². The first-order chi connectivity index (χ1) is 11.3. The summed E-state index contributed by atoms with van der Waals surface area (Å²) < 4.78 is 0. The van der Waals surface area contributed by atoms with Crippen LogP contribution in [0.4, 0.5) is 0 Å². The molecular formula is C20H27N3. The molecule has 0 radical (unpaired) electrons. The third-order valence-electron chi connectivity index (χ3n) is 6.22. The Bertz CT molecular complexity index is 564. The summed E-state index contributed by atoms with van der Waals surface area (Å²) in [6.07, 6.45) is 8.01. The van der Waals surface area contributed by atoms with Gasteiger partial charge in [0.25, 0.3) is 0 Å². The standard InChI is InChI=1S/C20H27N3/c21-12-13-22-15-20(23(16-22)14-17-6-7-17)10-8-19(9-11-20)18-4-2-1-3-5-18/h1-5,17,19H,6-11,13-16H2/t19-,20+. The maximum Gasteiger partial charge on any atom is 0.0876 e. The second-order valence-corrected chi connectivity index (χ2v) is 7.86. The van der Waals surface area contributed by atoms with Gasteiger partial charge in [0, 0.05) is 18.6 Å². The molecule has 0 aromatic heterocycles. The highest BCUT2D eigenvalue weighted by molar-refractivity contribution is 5.21. The Morgan fingerprint density at radius 1 is 1.09 bits per heavy atom. The van der Waals surface area contributed by atoms with E-state index < -0.39 is 0 Å². The maximum absolute atomic E-state index is 9.07. The largest absolute Gasteiger partial charge is 0.283 e. The van der Waals surface area contributed by atoms with E-state index in [0.717, 1.165) is 25.0 Å². The first-order valence-corrected chi connectivity index (χ1v) is 9.18. The van der Waals surface area contributed by atoms with Crippen molar-refractivity contribution in [1.29, 1.82) is 5.26 Å². The van der Waals surface area contributed by atoms with Crippen molar-refractivity contribution in [2.24, 2.45) is 5.92 Å². The number of hydrogen-bond acceptors (Lipinski definition) is 3. The van der Waals surface area contributed by atoms with E-state index in [9.17, 15) is 0 Å². The predicted molar refractivity (Wildman–Crippen MR) is 91.9 cm³/mol. The van der Waals surface area contributed by atoms with Gasteiger partial charge in [0.2, 0.25) is 0 Å². The van der Waals surface area contributed by atoms with Crippen molar-refractivity contribution in [3.8, 4) is 6.07 Å². The van der Waals surface area contributed by atoms with E-state index in [2.05, 4.69) is 46.2 Å². The topological polar surface area (TPSA) is 30.3 Å². The predicted octanol–water partition coefficient (Wildman–Crippen LogP) is 3.59. The van der Waals surface area contributed by atoms with E-state index >= 15 is 0 Å². The Morgan fingerprint density at radius 3 is 2.48 bits per heavy atom. The van der Waals surface area contributed by atoms with E-state index in [1.54, 1.807) is 0 Å². The highest BCUT2D eigenvalue weighted by atomic mass is 15.4. The van der Waals surface area contributed by atoms with Crippen molar-refractivity contribution < 1.29 is 0 Å². The molecule has 3 heteroatoms. The zero-order valence-electron chi connectivity index (χ0n) is 14.0. The van der Waals surface area contributed by atoms with Crippen molar-refractivity contribution in [1.82, 2.24) is 9.80 Å². The van der Waals surface area contributed by atoms with Gasteiger partial charge in [-0.25, -0.2) is 0 Å². The number of hydrogen-bond donors (Lipinski definition) is 0. The molecule has 3 aliphatic rings. The van der Waals surface area contributed by atoms with E-state index in [4.69, 9.17) is 5.26 Å². The minimum atomic E-state index is 0.352. The number of nitrogens with zero attached hydrogens (tertiary/aromatic N) is 3. The summed E-state index contributed by atoms with van der Waals surface area (Å²) in [4.78, 5) is 5.11. The highest BCUT2D eigenvalue weighted by Gasteiger charge is 2.47. The summed E-state index contributed by atoms with van der Waals surface area (Å²) in [5.74, 6) is 1.66. The summed E-state index contributed by atoms with van der Waals surface area (Å²) in [5.41, 5.74) is 1.87. The van der Waals surface area contributed by atoms with Gasteiger partial charge >= 0.3 is 0 Å². The molecule has 1 aromatic carbocycles. The van der Waals surface area contributed by atoms with Gasteiger partial charge in [0.1, 0.15) is 0 Å². The second kappa shape index (κ2) is 6.26. The molecule has 23 heavy (non-hydrogen) atoms. The number of benzene rings is 1. The lowest BCUT2D eigenvalue weighted by Gasteiger charge is -2.43. The van der Waals surface area contributed by atoms with E-state index in [-0.39, 0.29) is 0 Å². The molecule has 4 rings (SSSR count). The Balaban J connectivity index is 1.45. The molecule has 1 saturated heterocycles.